The van der Waals surface area contributed by atoms with Crippen molar-refractivity contribution in [3.05, 3.63) is 28.8 Å². The van der Waals surface area contributed by atoms with Crippen molar-refractivity contribution in [1.29, 1.82) is 0 Å². The van der Waals surface area contributed by atoms with E-state index in [2.05, 4.69) is 15.9 Å². The molecule has 0 bridgehead atoms. The van der Waals surface area contributed by atoms with Crippen molar-refractivity contribution < 1.29 is 9.47 Å². The molecule has 0 N–H and O–H groups in total. The molecule has 78 valence electrons. The van der Waals surface area contributed by atoms with E-state index in [0.717, 1.165) is 10.9 Å². The first-order valence-corrected chi connectivity index (χ1v) is 5.83. The van der Waals surface area contributed by atoms with Gasteiger partial charge in [-0.25, -0.2) is 0 Å². The van der Waals surface area contributed by atoms with Crippen LogP contribution in [0.2, 0.25) is 5.02 Å². The molecule has 0 unspecified atom stereocenters. The lowest BCUT2D eigenvalue weighted by Crippen LogP contribution is -2.04. The highest BCUT2D eigenvalue weighted by atomic mass is 79.9. The highest BCUT2D eigenvalue weighted by Crippen LogP contribution is 2.29. The molecule has 0 saturated carbocycles. The van der Waals surface area contributed by atoms with Gasteiger partial charge in [-0.2, -0.15) is 0 Å². The Morgan fingerprint density at radius 1 is 1.43 bits per heavy atom. The van der Waals surface area contributed by atoms with E-state index in [1.54, 1.807) is 6.07 Å². The third-order valence-corrected chi connectivity index (χ3v) is 2.58. The number of para-hydroxylation sites is 1. The zero-order valence-electron chi connectivity index (χ0n) is 7.93. The van der Waals surface area contributed by atoms with Crippen LogP contribution in [-0.2, 0) is 10.1 Å². The third-order valence-electron chi connectivity index (χ3n) is 1.68. The van der Waals surface area contributed by atoms with E-state index < -0.39 is 0 Å². The van der Waals surface area contributed by atoms with Crippen LogP contribution in [0.5, 0.6) is 5.75 Å². The molecule has 0 spiro atoms. The Hall–Kier alpha value is -0.250. The molecule has 0 atom stereocenters. The number of ether oxygens (including phenoxy) is 2. The fraction of sp³-hybridized carbons (Fsp3) is 0.400. The fourth-order valence-electron chi connectivity index (χ4n) is 1.00. The molecule has 0 aromatic heterocycles. The molecule has 4 heteroatoms. The molecule has 14 heavy (non-hydrogen) atoms. The summed E-state index contributed by atoms with van der Waals surface area (Å²) in [6.07, 6.45) is 0. The summed E-state index contributed by atoms with van der Waals surface area (Å²) >= 11 is 9.36. The second kappa shape index (κ2) is 6.27. The number of hydrogen-bond donors (Lipinski definition) is 0. The Bertz CT molecular complexity index is 291. The first kappa shape index (κ1) is 11.8. The van der Waals surface area contributed by atoms with Gasteiger partial charge in [-0.15, -0.1) is 0 Å². The van der Waals surface area contributed by atoms with Crippen molar-refractivity contribution in [2.24, 2.45) is 0 Å². The molecule has 0 aliphatic rings. The van der Waals surface area contributed by atoms with Gasteiger partial charge in [0.2, 0.25) is 0 Å². The first-order chi connectivity index (χ1) is 6.79. The van der Waals surface area contributed by atoms with Crippen molar-refractivity contribution in [3.63, 3.8) is 0 Å². The third kappa shape index (κ3) is 3.15. The number of rotatable bonds is 5. The van der Waals surface area contributed by atoms with Crippen LogP contribution in [-0.4, -0.2) is 13.4 Å². The van der Waals surface area contributed by atoms with Crippen molar-refractivity contribution in [1.82, 2.24) is 0 Å². The van der Waals surface area contributed by atoms with E-state index in [1.807, 2.05) is 19.1 Å². The highest BCUT2D eigenvalue weighted by Gasteiger charge is 2.06. The van der Waals surface area contributed by atoms with Crippen molar-refractivity contribution >= 4 is 27.5 Å². The molecule has 0 saturated heterocycles. The average Bonchev–Trinajstić information content (AvgIpc) is 2.20. The summed E-state index contributed by atoms with van der Waals surface area (Å²) in [5.41, 5.74) is 1.03. The van der Waals surface area contributed by atoms with Crippen LogP contribution in [0.3, 0.4) is 0 Å². The van der Waals surface area contributed by atoms with Crippen LogP contribution in [0.4, 0.5) is 0 Å². The van der Waals surface area contributed by atoms with Gasteiger partial charge in [0.15, 0.2) is 6.79 Å². The largest absolute Gasteiger partial charge is 0.466 e. The van der Waals surface area contributed by atoms with Gasteiger partial charge in [0, 0.05) is 17.5 Å². The van der Waals surface area contributed by atoms with Gasteiger partial charge in [-0.3, -0.25) is 0 Å². The molecule has 1 aromatic rings. The predicted octanol–water partition coefficient (Wildman–Crippen LogP) is 3.61. The molecule has 2 nitrogen and oxygen atoms in total. The summed E-state index contributed by atoms with van der Waals surface area (Å²) < 4.78 is 10.5. The summed E-state index contributed by atoms with van der Waals surface area (Å²) in [7, 11) is 0. The molecular formula is C10H12BrClO2. The topological polar surface area (TPSA) is 18.5 Å². The molecule has 0 radical (unpaired) electrons. The Morgan fingerprint density at radius 2 is 2.21 bits per heavy atom. The summed E-state index contributed by atoms with van der Waals surface area (Å²) in [5, 5.41) is 1.33. The quantitative estimate of drug-likeness (QED) is 0.466. The Kier molecular flexibility index (Phi) is 5.30. The van der Waals surface area contributed by atoms with Crippen LogP contribution in [0.1, 0.15) is 12.5 Å². The maximum absolute atomic E-state index is 5.99. The lowest BCUT2D eigenvalue weighted by Gasteiger charge is -2.11. The number of halogens is 2. The molecule has 0 amide bonds. The minimum Gasteiger partial charge on any atom is -0.466 e. The molecule has 0 aliphatic heterocycles. The second-order valence-corrected chi connectivity index (χ2v) is 3.58. The van der Waals surface area contributed by atoms with E-state index in [-0.39, 0.29) is 6.79 Å². The molecule has 1 rings (SSSR count). The molecular weight excluding hydrogens is 267 g/mol. The fourth-order valence-corrected chi connectivity index (χ4v) is 1.69. The zero-order valence-corrected chi connectivity index (χ0v) is 10.3. The van der Waals surface area contributed by atoms with E-state index in [0.29, 0.717) is 17.4 Å². The van der Waals surface area contributed by atoms with Crippen molar-refractivity contribution in [2.75, 3.05) is 13.4 Å². The predicted molar refractivity (Wildman–Crippen MR) is 61.2 cm³/mol. The number of hydrogen-bond acceptors (Lipinski definition) is 2. The molecule has 0 aliphatic carbocycles. The standard InChI is InChI=1S/C10H12BrClO2/c1-2-13-7-14-10-8(6-11)4-3-5-9(10)12/h3-5H,2,6-7H2,1H3. The molecule has 0 heterocycles. The summed E-state index contributed by atoms with van der Waals surface area (Å²) in [5.74, 6) is 0.694. The van der Waals surface area contributed by atoms with Crippen LogP contribution < -0.4 is 4.74 Å². The van der Waals surface area contributed by atoms with Crippen LogP contribution in [0.25, 0.3) is 0 Å². The lowest BCUT2D eigenvalue weighted by molar-refractivity contribution is 0.0220. The normalized spacial score (nSPS) is 10.2. The van der Waals surface area contributed by atoms with Crippen LogP contribution in [0, 0.1) is 0 Å². The molecule has 1 aromatic carbocycles. The molecule has 0 fully saturated rings. The maximum Gasteiger partial charge on any atom is 0.189 e. The van der Waals surface area contributed by atoms with Gasteiger partial charge < -0.3 is 9.47 Å². The summed E-state index contributed by atoms with van der Waals surface area (Å²) in [4.78, 5) is 0. The Balaban J connectivity index is 2.72. The summed E-state index contributed by atoms with van der Waals surface area (Å²) in [6.45, 7) is 2.79. The second-order valence-electron chi connectivity index (χ2n) is 2.62. The van der Waals surface area contributed by atoms with Gasteiger partial charge in [-0.1, -0.05) is 39.7 Å². The van der Waals surface area contributed by atoms with Crippen LogP contribution >= 0.6 is 27.5 Å². The zero-order chi connectivity index (χ0) is 10.4. The van der Waals surface area contributed by atoms with Gasteiger partial charge in [0.25, 0.3) is 0 Å². The highest BCUT2D eigenvalue weighted by molar-refractivity contribution is 9.08. The van der Waals surface area contributed by atoms with Crippen LogP contribution in [0.15, 0.2) is 18.2 Å². The number of alkyl halides is 1. The maximum atomic E-state index is 5.99. The van der Waals surface area contributed by atoms with E-state index in [9.17, 15) is 0 Å². The number of benzene rings is 1. The van der Waals surface area contributed by atoms with E-state index in [4.69, 9.17) is 21.1 Å². The van der Waals surface area contributed by atoms with Crippen molar-refractivity contribution in [2.45, 2.75) is 12.3 Å². The van der Waals surface area contributed by atoms with Gasteiger partial charge in [0.1, 0.15) is 5.75 Å². The summed E-state index contributed by atoms with van der Waals surface area (Å²) in [6, 6.07) is 5.66. The Morgan fingerprint density at radius 3 is 2.86 bits per heavy atom. The van der Waals surface area contributed by atoms with Gasteiger partial charge in [0.05, 0.1) is 5.02 Å². The van der Waals surface area contributed by atoms with Gasteiger partial charge in [-0.05, 0) is 13.0 Å². The van der Waals surface area contributed by atoms with E-state index >= 15 is 0 Å². The van der Waals surface area contributed by atoms with Crippen molar-refractivity contribution in [3.8, 4) is 5.75 Å². The smallest absolute Gasteiger partial charge is 0.189 e. The Labute approximate surface area is 97.3 Å². The minimum absolute atomic E-state index is 0.236. The van der Waals surface area contributed by atoms with E-state index in [1.165, 1.54) is 0 Å². The average molecular weight is 280 g/mol. The SMILES string of the molecule is CCOCOc1c(Cl)cccc1CBr. The first-order valence-electron chi connectivity index (χ1n) is 4.33. The lowest BCUT2D eigenvalue weighted by atomic mass is 10.2. The van der Waals surface area contributed by atoms with Gasteiger partial charge >= 0.3 is 0 Å². The monoisotopic (exact) mass is 278 g/mol. The minimum atomic E-state index is 0.236.